The Balaban J connectivity index is 1.50. The molecule has 0 saturated carbocycles. The summed E-state index contributed by atoms with van der Waals surface area (Å²) in [5.74, 6) is -0.189. The lowest BCUT2D eigenvalue weighted by Gasteiger charge is -2.19. The van der Waals surface area contributed by atoms with Crippen LogP contribution in [0.5, 0.6) is 0 Å². The highest BCUT2D eigenvalue weighted by atomic mass is 16.3. The molecule has 0 aliphatic rings. The molecular weight excluding hydrogens is 430 g/mol. The summed E-state index contributed by atoms with van der Waals surface area (Å²) in [6, 6.07) is 17.2. The maximum absolute atomic E-state index is 12.5. The smallest absolute Gasteiger partial charge is 0.251 e. The fraction of sp³-hybridized carbons (Fsp3) is 0.296. The standard InChI is InChI=1S/C27H31N3O4/c1-18(30-26(33)20-10-12-22(13-11-20)27(2,3)4)24(31)28-16-19-7-5-8-21(15-19)25(32)29-17-23-9-6-14-34-23/h5-15,18H,16-17H2,1-4H3,(H,28,31)(H,29,32)(H,30,33). The van der Waals surface area contributed by atoms with Crippen molar-refractivity contribution in [2.24, 2.45) is 0 Å². The Morgan fingerprint density at radius 3 is 2.24 bits per heavy atom. The minimum atomic E-state index is -0.713. The second kappa shape index (κ2) is 10.8. The molecule has 0 fully saturated rings. The van der Waals surface area contributed by atoms with Crippen molar-refractivity contribution in [2.75, 3.05) is 0 Å². The number of furan rings is 1. The van der Waals surface area contributed by atoms with Crippen LogP contribution in [0.25, 0.3) is 0 Å². The number of hydrogen-bond donors (Lipinski definition) is 3. The van der Waals surface area contributed by atoms with Crippen LogP contribution in [0.3, 0.4) is 0 Å². The van der Waals surface area contributed by atoms with Crippen molar-refractivity contribution in [3.8, 4) is 0 Å². The highest BCUT2D eigenvalue weighted by molar-refractivity contribution is 5.97. The molecule has 0 spiro atoms. The van der Waals surface area contributed by atoms with Crippen molar-refractivity contribution in [2.45, 2.75) is 52.2 Å². The van der Waals surface area contributed by atoms with Gasteiger partial charge in [-0.15, -0.1) is 0 Å². The summed E-state index contributed by atoms with van der Waals surface area (Å²) < 4.78 is 5.21. The number of amides is 3. The molecule has 7 heteroatoms. The van der Waals surface area contributed by atoms with E-state index >= 15 is 0 Å². The van der Waals surface area contributed by atoms with Crippen LogP contribution in [-0.4, -0.2) is 23.8 Å². The average Bonchev–Trinajstić information content (AvgIpc) is 3.34. The molecule has 0 aliphatic carbocycles. The Kier molecular flexibility index (Phi) is 7.89. The first kappa shape index (κ1) is 24.8. The summed E-state index contributed by atoms with van der Waals surface area (Å²) in [5, 5.41) is 8.32. The summed E-state index contributed by atoms with van der Waals surface area (Å²) in [5.41, 5.74) is 2.89. The fourth-order valence-corrected chi connectivity index (χ4v) is 3.31. The van der Waals surface area contributed by atoms with Gasteiger partial charge in [0.25, 0.3) is 11.8 Å². The van der Waals surface area contributed by atoms with Gasteiger partial charge < -0.3 is 20.4 Å². The zero-order chi connectivity index (χ0) is 24.7. The van der Waals surface area contributed by atoms with E-state index in [0.29, 0.717) is 23.4 Å². The van der Waals surface area contributed by atoms with Crippen molar-refractivity contribution in [1.82, 2.24) is 16.0 Å². The second-order valence-corrected chi connectivity index (χ2v) is 9.20. The first-order valence-electron chi connectivity index (χ1n) is 11.2. The maximum atomic E-state index is 12.5. The molecule has 0 aliphatic heterocycles. The van der Waals surface area contributed by atoms with E-state index in [1.165, 1.54) is 0 Å². The number of rotatable bonds is 8. The van der Waals surface area contributed by atoms with E-state index < -0.39 is 6.04 Å². The molecule has 0 bridgehead atoms. The van der Waals surface area contributed by atoms with E-state index in [2.05, 4.69) is 36.7 Å². The van der Waals surface area contributed by atoms with Gasteiger partial charge in [-0.25, -0.2) is 0 Å². The highest BCUT2D eigenvalue weighted by Crippen LogP contribution is 2.22. The van der Waals surface area contributed by atoms with Gasteiger partial charge in [-0.2, -0.15) is 0 Å². The van der Waals surface area contributed by atoms with Gasteiger partial charge in [0.2, 0.25) is 5.91 Å². The molecule has 2 aromatic carbocycles. The number of hydrogen-bond acceptors (Lipinski definition) is 4. The predicted molar refractivity (Wildman–Crippen MR) is 130 cm³/mol. The van der Waals surface area contributed by atoms with E-state index in [9.17, 15) is 14.4 Å². The zero-order valence-electron chi connectivity index (χ0n) is 20.0. The predicted octanol–water partition coefficient (Wildman–Crippen LogP) is 3.94. The third-order valence-corrected chi connectivity index (χ3v) is 5.41. The molecule has 34 heavy (non-hydrogen) atoms. The molecule has 1 unspecified atom stereocenters. The van der Waals surface area contributed by atoms with Gasteiger partial charge in [-0.05, 0) is 59.9 Å². The zero-order valence-corrected chi connectivity index (χ0v) is 20.0. The molecule has 3 amide bonds. The third kappa shape index (κ3) is 6.81. The van der Waals surface area contributed by atoms with Crippen molar-refractivity contribution in [3.05, 3.63) is 94.9 Å². The Hall–Kier alpha value is -3.87. The first-order chi connectivity index (χ1) is 16.1. The van der Waals surface area contributed by atoms with Crippen LogP contribution in [-0.2, 0) is 23.3 Å². The van der Waals surface area contributed by atoms with E-state index in [0.717, 1.165) is 11.1 Å². The minimum absolute atomic E-state index is 0.000415. The molecule has 0 radical (unpaired) electrons. The van der Waals surface area contributed by atoms with E-state index in [-0.39, 0.29) is 29.7 Å². The average molecular weight is 462 g/mol. The Bertz CT molecular complexity index is 1130. The minimum Gasteiger partial charge on any atom is -0.467 e. The number of carbonyl (C=O) groups excluding carboxylic acids is 3. The summed E-state index contributed by atoms with van der Waals surface area (Å²) in [7, 11) is 0. The first-order valence-corrected chi connectivity index (χ1v) is 11.2. The van der Waals surface area contributed by atoms with Crippen molar-refractivity contribution < 1.29 is 18.8 Å². The normalized spacial score (nSPS) is 12.0. The molecule has 3 N–H and O–H groups in total. The lowest BCUT2D eigenvalue weighted by molar-refractivity contribution is -0.122. The monoisotopic (exact) mass is 461 g/mol. The summed E-state index contributed by atoms with van der Waals surface area (Å²) in [6.07, 6.45) is 1.55. The van der Waals surface area contributed by atoms with Gasteiger partial charge in [-0.3, -0.25) is 14.4 Å². The number of carbonyl (C=O) groups is 3. The van der Waals surface area contributed by atoms with Gasteiger partial charge in [0.05, 0.1) is 12.8 Å². The van der Waals surface area contributed by atoms with Gasteiger partial charge >= 0.3 is 0 Å². The molecule has 1 heterocycles. The van der Waals surface area contributed by atoms with Gasteiger partial charge in [0, 0.05) is 17.7 Å². The maximum Gasteiger partial charge on any atom is 0.251 e. The van der Waals surface area contributed by atoms with Crippen molar-refractivity contribution in [3.63, 3.8) is 0 Å². The van der Waals surface area contributed by atoms with Gasteiger partial charge in [0.1, 0.15) is 11.8 Å². The number of benzene rings is 2. The van der Waals surface area contributed by atoms with Crippen LogP contribution in [0.15, 0.2) is 71.3 Å². The molecule has 3 aromatic rings. The van der Waals surface area contributed by atoms with Crippen LogP contribution in [0, 0.1) is 0 Å². The Labute approximate surface area is 199 Å². The Morgan fingerprint density at radius 1 is 0.853 bits per heavy atom. The van der Waals surface area contributed by atoms with E-state index in [1.54, 1.807) is 55.7 Å². The summed E-state index contributed by atoms with van der Waals surface area (Å²) >= 11 is 0. The van der Waals surface area contributed by atoms with E-state index in [4.69, 9.17) is 4.42 Å². The van der Waals surface area contributed by atoms with Crippen LogP contribution < -0.4 is 16.0 Å². The van der Waals surface area contributed by atoms with Gasteiger partial charge in [0.15, 0.2) is 0 Å². The molecular formula is C27H31N3O4. The third-order valence-electron chi connectivity index (χ3n) is 5.41. The second-order valence-electron chi connectivity index (χ2n) is 9.20. The highest BCUT2D eigenvalue weighted by Gasteiger charge is 2.18. The molecule has 7 nitrogen and oxygen atoms in total. The lowest BCUT2D eigenvalue weighted by atomic mass is 9.86. The quantitative estimate of drug-likeness (QED) is 0.473. The van der Waals surface area contributed by atoms with Crippen LogP contribution in [0.4, 0.5) is 0 Å². The molecule has 1 aromatic heterocycles. The SMILES string of the molecule is CC(NC(=O)c1ccc(C(C)(C)C)cc1)C(=O)NCc1cccc(C(=O)NCc2ccco2)c1. The van der Waals surface area contributed by atoms with Crippen LogP contribution >= 0.6 is 0 Å². The van der Waals surface area contributed by atoms with Crippen LogP contribution in [0.1, 0.15) is 65.3 Å². The molecule has 3 rings (SSSR count). The summed E-state index contributed by atoms with van der Waals surface area (Å²) in [6.45, 7) is 8.49. The Morgan fingerprint density at radius 2 is 1.59 bits per heavy atom. The number of nitrogens with one attached hydrogen (secondary N) is 3. The molecule has 1 atom stereocenters. The summed E-state index contributed by atoms with van der Waals surface area (Å²) in [4.78, 5) is 37.4. The fourth-order valence-electron chi connectivity index (χ4n) is 3.31. The molecule has 0 saturated heterocycles. The topological polar surface area (TPSA) is 100 Å². The van der Waals surface area contributed by atoms with Crippen LogP contribution in [0.2, 0.25) is 0 Å². The largest absolute Gasteiger partial charge is 0.467 e. The van der Waals surface area contributed by atoms with Crippen molar-refractivity contribution in [1.29, 1.82) is 0 Å². The molecule has 178 valence electrons. The van der Waals surface area contributed by atoms with Gasteiger partial charge in [-0.1, -0.05) is 45.0 Å². The lowest BCUT2D eigenvalue weighted by Crippen LogP contribution is -2.44. The van der Waals surface area contributed by atoms with Crippen molar-refractivity contribution >= 4 is 17.7 Å². The van der Waals surface area contributed by atoms with E-state index in [1.807, 2.05) is 18.2 Å².